The molecule has 1 aliphatic rings. The van der Waals surface area contributed by atoms with Gasteiger partial charge in [-0.15, -0.1) is 10.2 Å². The summed E-state index contributed by atoms with van der Waals surface area (Å²) in [5, 5.41) is 8.64. The number of nitrogens with two attached hydrogens (primary N) is 1. The normalized spacial score (nSPS) is 24.3. The lowest BCUT2D eigenvalue weighted by atomic mass is 9.86. The van der Waals surface area contributed by atoms with E-state index in [0.29, 0.717) is 12.0 Å². The average molecular weight is 256 g/mol. The van der Waals surface area contributed by atoms with Gasteiger partial charge in [-0.05, 0) is 31.7 Å². The number of H-pyrrole nitrogens is 1. The second kappa shape index (κ2) is 4.03. The van der Waals surface area contributed by atoms with Crippen LogP contribution in [0.3, 0.4) is 0 Å². The van der Waals surface area contributed by atoms with Crippen LogP contribution in [0.5, 0.6) is 0 Å². The van der Waals surface area contributed by atoms with Gasteiger partial charge in [0.1, 0.15) is 5.82 Å². The van der Waals surface area contributed by atoms with Gasteiger partial charge in [-0.25, -0.2) is 4.98 Å². The number of aromatic amines is 1. The smallest absolute Gasteiger partial charge is 0.179 e. The van der Waals surface area contributed by atoms with Crippen LogP contribution in [0.4, 0.5) is 0 Å². The Balaban J connectivity index is 1.87. The first-order valence-electron chi connectivity index (χ1n) is 6.75. The quantitative estimate of drug-likeness (QED) is 0.692. The van der Waals surface area contributed by atoms with Crippen molar-refractivity contribution in [3.63, 3.8) is 0 Å². The number of rotatable bonds is 1. The van der Waals surface area contributed by atoms with Crippen molar-refractivity contribution in [2.45, 2.75) is 37.6 Å². The Bertz CT molecular complexity index is 719. The zero-order valence-corrected chi connectivity index (χ0v) is 10.6. The van der Waals surface area contributed by atoms with E-state index < -0.39 is 0 Å². The number of nitrogens with zero attached hydrogens (tertiary/aromatic N) is 4. The molecule has 6 heteroatoms. The third-order valence-corrected chi connectivity index (χ3v) is 4.10. The maximum Gasteiger partial charge on any atom is 0.179 e. The molecule has 3 N–H and O–H groups in total. The number of hydrogen-bond donors (Lipinski definition) is 2. The first-order chi connectivity index (χ1) is 9.33. The van der Waals surface area contributed by atoms with Gasteiger partial charge in [0, 0.05) is 18.2 Å². The summed E-state index contributed by atoms with van der Waals surface area (Å²) >= 11 is 0. The van der Waals surface area contributed by atoms with Crippen molar-refractivity contribution >= 4 is 16.8 Å². The summed E-state index contributed by atoms with van der Waals surface area (Å²) in [5.74, 6) is 1.50. The minimum atomic E-state index is 0.351. The molecule has 0 aliphatic heterocycles. The molecule has 3 aromatic rings. The summed E-state index contributed by atoms with van der Waals surface area (Å²) in [4.78, 5) is 7.47. The highest BCUT2D eigenvalue weighted by Gasteiger charge is 2.24. The van der Waals surface area contributed by atoms with E-state index in [1.807, 2.05) is 12.3 Å². The Hall–Kier alpha value is -1.95. The molecular formula is C13H16N6. The van der Waals surface area contributed by atoms with Gasteiger partial charge >= 0.3 is 0 Å². The average Bonchev–Trinajstić information content (AvgIpc) is 3.04. The first-order valence-corrected chi connectivity index (χ1v) is 6.75. The Morgan fingerprint density at radius 3 is 2.89 bits per heavy atom. The van der Waals surface area contributed by atoms with Crippen LogP contribution < -0.4 is 5.73 Å². The van der Waals surface area contributed by atoms with Crippen LogP contribution in [0.25, 0.3) is 16.8 Å². The van der Waals surface area contributed by atoms with Gasteiger partial charge in [0.05, 0.1) is 11.7 Å². The van der Waals surface area contributed by atoms with E-state index in [-0.39, 0.29) is 0 Å². The largest absolute Gasteiger partial charge is 0.345 e. The fourth-order valence-corrected chi connectivity index (χ4v) is 3.04. The van der Waals surface area contributed by atoms with Crippen molar-refractivity contribution in [2.24, 2.45) is 5.73 Å². The predicted octanol–water partition coefficient (Wildman–Crippen LogP) is 1.59. The third-order valence-electron chi connectivity index (χ3n) is 4.10. The first kappa shape index (κ1) is 10.9. The van der Waals surface area contributed by atoms with Gasteiger partial charge in [0.2, 0.25) is 0 Å². The minimum absolute atomic E-state index is 0.351. The molecule has 0 spiro atoms. The third kappa shape index (κ3) is 1.63. The van der Waals surface area contributed by atoms with E-state index in [4.69, 9.17) is 5.73 Å². The summed E-state index contributed by atoms with van der Waals surface area (Å²) < 4.78 is 2.13. The second-order valence-corrected chi connectivity index (χ2v) is 5.33. The summed E-state index contributed by atoms with van der Waals surface area (Å²) in [6, 6.07) is 2.38. The maximum absolute atomic E-state index is 5.98. The number of nitrogens with one attached hydrogen (secondary N) is 1. The van der Waals surface area contributed by atoms with Crippen LogP contribution in [0.1, 0.15) is 37.4 Å². The lowest BCUT2D eigenvalue weighted by molar-refractivity contribution is 0.384. The van der Waals surface area contributed by atoms with Crippen LogP contribution in [-0.4, -0.2) is 30.6 Å². The molecule has 0 amide bonds. The molecule has 0 bridgehead atoms. The van der Waals surface area contributed by atoms with E-state index >= 15 is 0 Å². The summed E-state index contributed by atoms with van der Waals surface area (Å²) in [6.45, 7) is 0. The molecule has 3 aromatic heterocycles. The van der Waals surface area contributed by atoms with Crippen LogP contribution in [0.2, 0.25) is 0 Å². The fourth-order valence-electron chi connectivity index (χ4n) is 3.04. The van der Waals surface area contributed by atoms with Crippen molar-refractivity contribution in [1.82, 2.24) is 24.6 Å². The van der Waals surface area contributed by atoms with E-state index in [1.54, 1.807) is 6.20 Å². The van der Waals surface area contributed by atoms with Gasteiger partial charge in [-0.2, -0.15) is 0 Å². The van der Waals surface area contributed by atoms with Crippen molar-refractivity contribution in [2.75, 3.05) is 0 Å². The molecular weight excluding hydrogens is 240 g/mol. The molecule has 98 valence electrons. The van der Waals surface area contributed by atoms with Crippen LogP contribution >= 0.6 is 0 Å². The molecule has 1 saturated carbocycles. The SMILES string of the molecule is N[C@H]1CC[C@@H](c2nnc3cnc4[nH]ccc4n32)CC1. The zero-order valence-electron chi connectivity index (χ0n) is 10.6. The number of fused-ring (bicyclic) bond motifs is 3. The standard InChI is InChI=1S/C13H16N6/c14-9-3-1-8(2-4-9)13-18-17-11-7-16-12-10(19(11)13)5-6-15-12/h5-9,15H,1-4,14H2/t8-,9+. The zero-order chi connectivity index (χ0) is 12.8. The highest BCUT2D eigenvalue weighted by Crippen LogP contribution is 2.32. The molecule has 0 aromatic carbocycles. The molecule has 19 heavy (non-hydrogen) atoms. The molecule has 0 atom stereocenters. The summed E-state index contributed by atoms with van der Waals surface area (Å²) in [5.41, 5.74) is 8.72. The summed E-state index contributed by atoms with van der Waals surface area (Å²) in [7, 11) is 0. The number of hydrogen-bond acceptors (Lipinski definition) is 4. The molecule has 0 saturated heterocycles. The highest BCUT2D eigenvalue weighted by atomic mass is 15.3. The fraction of sp³-hybridized carbons (Fsp3) is 0.462. The van der Waals surface area contributed by atoms with Crippen molar-refractivity contribution in [3.05, 3.63) is 24.3 Å². The van der Waals surface area contributed by atoms with Crippen LogP contribution in [-0.2, 0) is 0 Å². The van der Waals surface area contributed by atoms with E-state index in [2.05, 4.69) is 24.6 Å². The molecule has 6 nitrogen and oxygen atoms in total. The van der Waals surface area contributed by atoms with Gasteiger partial charge in [-0.1, -0.05) is 0 Å². The van der Waals surface area contributed by atoms with Crippen molar-refractivity contribution in [3.8, 4) is 0 Å². The lowest BCUT2D eigenvalue weighted by Crippen LogP contribution is -2.26. The topological polar surface area (TPSA) is 84.9 Å². The molecule has 1 fully saturated rings. The predicted molar refractivity (Wildman–Crippen MR) is 71.8 cm³/mol. The van der Waals surface area contributed by atoms with Crippen molar-refractivity contribution in [1.29, 1.82) is 0 Å². The number of aromatic nitrogens is 5. The Kier molecular flexibility index (Phi) is 2.32. The van der Waals surface area contributed by atoms with Crippen LogP contribution in [0, 0.1) is 0 Å². The molecule has 1 aliphatic carbocycles. The van der Waals surface area contributed by atoms with Gasteiger partial charge < -0.3 is 10.7 Å². The second-order valence-electron chi connectivity index (χ2n) is 5.33. The van der Waals surface area contributed by atoms with Crippen molar-refractivity contribution < 1.29 is 0 Å². The van der Waals surface area contributed by atoms with Crippen LogP contribution in [0.15, 0.2) is 18.5 Å². The van der Waals surface area contributed by atoms with Gasteiger partial charge in [0.15, 0.2) is 11.3 Å². The molecule has 0 unspecified atom stereocenters. The summed E-state index contributed by atoms with van der Waals surface area (Å²) in [6.07, 6.45) is 8.00. The van der Waals surface area contributed by atoms with E-state index in [0.717, 1.165) is 48.3 Å². The monoisotopic (exact) mass is 256 g/mol. The molecule has 0 radical (unpaired) electrons. The minimum Gasteiger partial charge on any atom is -0.345 e. The Morgan fingerprint density at radius 2 is 2.05 bits per heavy atom. The molecule has 3 heterocycles. The Labute approximate surface area is 110 Å². The van der Waals surface area contributed by atoms with E-state index in [1.165, 1.54) is 0 Å². The lowest BCUT2D eigenvalue weighted by Gasteiger charge is -2.24. The maximum atomic E-state index is 5.98. The molecule has 4 rings (SSSR count). The van der Waals surface area contributed by atoms with Gasteiger partial charge in [0.25, 0.3) is 0 Å². The van der Waals surface area contributed by atoms with Gasteiger partial charge in [-0.3, -0.25) is 4.40 Å². The van der Waals surface area contributed by atoms with E-state index in [9.17, 15) is 0 Å². The highest BCUT2D eigenvalue weighted by molar-refractivity contribution is 5.74. The Morgan fingerprint density at radius 1 is 1.21 bits per heavy atom.